The Morgan fingerprint density at radius 1 is 0.974 bits per heavy atom. The van der Waals surface area contributed by atoms with E-state index < -0.39 is 16.3 Å². The van der Waals surface area contributed by atoms with E-state index in [-0.39, 0.29) is 30.3 Å². The molecule has 2 N–H and O–H groups in total. The van der Waals surface area contributed by atoms with Crippen LogP contribution in [0.15, 0.2) is 88.9 Å². The molecule has 4 aromatic rings. The van der Waals surface area contributed by atoms with Crippen LogP contribution in [0.2, 0.25) is 0 Å². The molecule has 0 spiro atoms. The molecule has 0 bridgehead atoms. The summed E-state index contributed by atoms with van der Waals surface area (Å²) in [6, 6.07) is 23.5. The first-order valence-electron chi connectivity index (χ1n) is 12.4. The Morgan fingerprint density at radius 3 is 2.33 bits per heavy atom. The van der Waals surface area contributed by atoms with Crippen LogP contribution in [0.5, 0.6) is 0 Å². The van der Waals surface area contributed by atoms with E-state index in [2.05, 4.69) is 20.2 Å². The van der Waals surface area contributed by atoms with Crippen molar-refractivity contribution in [2.75, 3.05) is 5.75 Å². The fraction of sp³-hybridized carbons (Fsp3) is 0.296. The summed E-state index contributed by atoms with van der Waals surface area (Å²) in [6.07, 6.45) is -0.311. The van der Waals surface area contributed by atoms with Gasteiger partial charge in [-0.15, -0.1) is 5.10 Å². The van der Waals surface area contributed by atoms with Gasteiger partial charge >= 0.3 is 0 Å². The number of thioether (sulfide) groups is 1. The Bertz CT molecular complexity index is 1460. The van der Waals surface area contributed by atoms with E-state index in [1.54, 1.807) is 42.1 Å². The number of nitrogens with zero attached hydrogens (tertiary/aromatic N) is 4. The van der Waals surface area contributed by atoms with Gasteiger partial charge in [-0.25, -0.2) is 17.8 Å². The fourth-order valence-corrected chi connectivity index (χ4v) is 6.09. The Balaban J connectivity index is 1.29. The van der Waals surface area contributed by atoms with Crippen molar-refractivity contribution in [2.24, 2.45) is 7.05 Å². The predicted molar refractivity (Wildman–Crippen MR) is 145 cm³/mol. The maximum absolute atomic E-state index is 12.6. The van der Waals surface area contributed by atoms with Gasteiger partial charge in [0.05, 0.1) is 23.7 Å². The third kappa shape index (κ3) is 6.90. The normalized spacial score (nSPS) is 19.7. The van der Waals surface area contributed by atoms with Crippen molar-refractivity contribution in [2.45, 2.75) is 48.1 Å². The number of hydrogen-bond donors (Lipinski definition) is 2. The molecule has 1 aliphatic heterocycles. The zero-order valence-electron chi connectivity index (χ0n) is 21.3. The third-order valence-electron chi connectivity index (χ3n) is 6.37. The molecule has 0 amide bonds. The molecular weight excluding hydrogens is 538 g/mol. The van der Waals surface area contributed by atoms with Crippen molar-refractivity contribution >= 4 is 21.8 Å². The molecule has 1 aromatic heterocycles. The van der Waals surface area contributed by atoms with Gasteiger partial charge in [-0.1, -0.05) is 78.5 Å². The number of nitrogens with one attached hydrogen (secondary N) is 1. The summed E-state index contributed by atoms with van der Waals surface area (Å²) >= 11 is 1.52. The Labute approximate surface area is 231 Å². The van der Waals surface area contributed by atoms with Gasteiger partial charge in [0.15, 0.2) is 6.29 Å². The molecule has 3 aromatic carbocycles. The van der Waals surface area contributed by atoms with Gasteiger partial charge in [0.25, 0.3) is 0 Å². The van der Waals surface area contributed by atoms with Gasteiger partial charge in [0.2, 0.25) is 15.2 Å². The molecule has 12 heteroatoms. The molecule has 1 aliphatic rings. The van der Waals surface area contributed by atoms with E-state index in [9.17, 15) is 13.5 Å². The van der Waals surface area contributed by atoms with Gasteiger partial charge in [-0.3, -0.25) is 0 Å². The molecule has 1 unspecified atom stereocenters. The summed E-state index contributed by atoms with van der Waals surface area (Å²) in [5.41, 5.74) is 3.48. The van der Waals surface area contributed by atoms with Crippen LogP contribution in [-0.2, 0) is 39.7 Å². The zero-order chi connectivity index (χ0) is 27.2. The molecule has 0 aliphatic carbocycles. The second kappa shape index (κ2) is 12.4. The van der Waals surface area contributed by atoms with Crippen molar-refractivity contribution in [1.82, 2.24) is 24.9 Å². The summed E-state index contributed by atoms with van der Waals surface area (Å²) in [5, 5.41) is 21.7. The van der Waals surface area contributed by atoms with Crippen molar-refractivity contribution in [3.05, 3.63) is 101 Å². The van der Waals surface area contributed by atoms with Crippen LogP contribution in [0.4, 0.5) is 0 Å². The number of aromatic nitrogens is 4. The number of hydrogen-bond acceptors (Lipinski definition) is 9. The molecule has 1 saturated heterocycles. The van der Waals surface area contributed by atoms with Crippen LogP contribution in [0, 0.1) is 0 Å². The highest BCUT2D eigenvalue weighted by Crippen LogP contribution is 2.39. The highest BCUT2D eigenvalue weighted by Gasteiger charge is 2.32. The average molecular weight is 568 g/mol. The summed E-state index contributed by atoms with van der Waals surface area (Å²) in [7, 11) is -1.81. The van der Waals surface area contributed by atoms with Crippen LogP contribution in [0.25, 0.3) is 0 Å². The first kappa shape index (κ1) is 27.4. The Kier molecular flexibility index (Phi) is 8.70. The Hall–Kier alpha value is -3.13. The molecule has 204 valence electrons. The number of sulfonamides is 1. The maximum atomic E-state index is 12.6. The van der Waals surface area contributed by atoms with Crippen LogP contribution in [-0.4, -0.2) is 45.6 Å². The van der Waals surface area contributed by atoms with E-state index in [4.69, 9.17) is 9.47 Å². The number of rotatable bonds is 10. The molecule has 0 saturated carbocycles. The highest BCUT2D eigenvalue weighted by molar-refractivity contribution is 7.99. The number of benzene rings is 3. The van der Waals surface area contributed by atoms with Crippen LogP contribution in [0.1, 0.15) is 41.1 Å². The minimum absolute atomic E-state index is 0.0175. The molecule has 5 rings (SSSR count). The molecule has 39 heavy (non-hydrogen) atoms. The zero-order valence-corrected chi connectivity index (χ0v) is 22.9. The van der Waals surface area contributed by atoms with E-state index in [1.807, 2.05) is 48.5 Å². The molecule has 10 nitrogen and oxygen atoms in total. The van der Waals surface area contributed by atoms with Crippen LogP contribution < -0.4 is 4.72 Å². The smallest absolute Gasteiger partial charge is 0.240 e. The molecule has 3 atom stereocenters. The topological polar surface area (TPSA) is 128 Å². The largest absolute Gasteiger partial charge is 0.392 e. The van der Waals surface area contributed by atoms with Crippen molar-refractivity contribution in [1.29, 1.82) is 0 Å². The minimum atomic E-state index is -3.60. The quantitative estimate of drug-likeness (QED) is 0.277. The number of ether oxygens (including phenoxy) is 2. The lowest BCUT2D eigenvalue weighted by molar-refractivity contribution is -0.245. The summed E-state index contributed by atoms with van der Waals surface area (Å²) < 4.78 is 42.1. The van der Waals surface area contributed by atoms with E-state index >= 15 is 0 Å². The van der Waals surface area contributed by atoms with E-state index in [1.165, 1.54) is 11.8 Å². The fourth-order valence-electron chi connectivity index (χ4n) is 4.19. The van der Waals surface area contributed by atoms with E-state index in [0.29, 0.717) is 17.3 Å². The van der Waals surface area contributed by atoms with Crippen LogP contribution >= 0.6 is 11.8 Å². The molecular formula is C27H29N5O5S2. The summed E-state index contributed by atoms with van der Waals surface area (Å²) in [4.78, 5) is 0.227. The summed E-state index contributed by atoms with van der Waals surface area (Å²) in [5.74, 6) is 0.638. The van der Waals surface area contributed by atoms with Crippen LogP contribution in [0.3, 0.4) is 0 Å². The van der Waals surface area contributed by atoms with Gasteiger partial charge in [-0.05, 0) is 39.2 Å². The van der Waals surface area contributed by atoms with E-state index in [0.717, 1.165) is 22.3 Å². The Morgan fingerprint density at radius 2 is 1.67 bits per heavy atom. The maximum Gasteiger partial charge on any atom is 0.240 e. The lowest BCUT2D eigenvalue weighted by Crippen LogP contribution is -2.31. The average Bonchev–Trinajstić information content (AvgIpc) is 3.40. The van der Waals surface area contributed by atoms with Gasteiger partial charge in [0, 0.05) is 31.3 Å². The number of aryl methyl sites for hydroxylation is 1. The van der Waals surface area contributed by atoms with Crippen molar-refractivity contribution < 1.29 is 23.0 Å². The number of aliphatic hydroxyl groups excluding tert-OH is 1. The van der Waals surface area contributed by atoms with Gasteiger partial charge < -0.3 is 14.6 Å². The second-order valence-electron chi connectivity index (χ2n) is 9.13. The van der Waals surface area contributed by atoms with Gasteiger partial charge in [-0.2, -0.15) is 0 Å². The van der Waals surface area contributed by atoms with Gasteiger partial charge in [0.1, 0.15) is 0 Å². The predicted octanol–water partition coefficient (Wildman–Crippen LogP) is 3.52. The lowest BCUT2D eigenvalue weighted by Gasteiger charge is -2.36. The SMILES string of the molecule is Cn1nnnc1SC[C@@H]1C[C@H](c2ccc(CO)cc2)OC(c2ccc(CNS(=O)(=O)c3ccccc3)cc2)O1. The second-order valence-corrected chi connectivity index (χ2v) is 11.9. The molecule has 0 radical (unpaired) electrons. The standard InChI is InChI=1S/C27H29N5O5S2/c1-32-27(29-30-31-32)38-18-23-15-25(21-11-9-20(17-33)10-12-21)37-26(36-23)22-13-7-19(8-14-22)16-28-39(34,35)24-5-3-2-4-6-24/h2-14,23,25-26,28,33H,15-18H2,1H3/t23-,25+,26?/m0/s1. The molecule has 2 heterocycles. The summed E-state index contributed by atoms with van der Waals surface area (Å²) in [6.45, 7) is 0.144. The monoisotopic (exact) mass is 567 g/mol. The first-order valence-corrected chi connectivity index (χ1v) is 14.9. The minimum Gasteiger partial charge on any atom is -0.392 e. The molecule has 1 fully saturated rings. The van der Waals surface area contributed by atoms with Crippen molar-refractivity contribution in [3.63, 3.8) is 0 Å². The lowest BCUT2D eigenvalue weighted by atomic mass is 10.0. The number of tetrazole rings is 1. The van der Waals surface area contributed by atoms with Crippen molar-refractivity contribution in [3.8, 4) is 0 Å². The highest BCUT2D eigenvalue weighted by atomic mass is 32.2. The number of aliphatic hydroxyl groups is 1. The first-order chi connectivity index (χ1) is 18.9. The third-order valence-corrected chi connectivity index (χ3v) is 8.93.